The normalized spacial score (nSPS) is 19.1. The average Bonchev–Trinajstić information content (AvgIpc) is 3.42. The molecule has 1 fully saturated rings. The summed E-state index contributed by atoms with van der Waals surface area (Å²) < 4.78 is 0. The minimum absolute atomic E-state index is 0.0676. The lowest BCUT2D eigenvalue weighted by atomic mass is 9.97. The first kappa shape index (κ1) is 19.9. The molecule has 1 amide bonds. The summed E-state index contributed by atoms with van der Waals surface area (Å²) in [6.07, 6.45) is 5.01. The average molecular weight is 419 g/mol. The molecule has 0 saturated carbocycles. The highest BCUT2D eigenvalue weighted by molar-refractivity contribution is 5.82. The van der Waals surface area contributed by atoms with Gasteiger partial charge in [-0.2, -0.15) is 0 Å². The van der Waals surface area contributed by atoms with Gasteiger partial charge in [0, 0.05) is 63.0 Å². The fourth-order valence-electron chi connectivity index (χ4n) is 4.88. The van der Waals surface area contributed by atoms with E-state index in [1.54, 1.807) is 7.05 Å². The number of benzene rings is 1. The molecule has 5 rings (SSSR count). The van der Waals surface area contributed by atoms with Crippen LogP contribution in [0.2, 0.25) is 0 Å². The van der Waals surface area contributed by atoms with E-state index in [0.717, 1.165) is 57.0 Å². The second kappa shape index (κ2) is 8.59. The van der Waals surface area contributed by atoms with Crippen molar-refractivity contribution in [2.45, 2.75) is 12.3 Å². The smallest absolute Gasteiger partial charge is 0.239 e. The van der Waals surface area contributed by atoms with Crippen LogP contribution in [0.3, 0.4) is 0 Å². The number of rotatable bonds is 6. The van der Waals surface area contributed by atoms with Crippen LogP contribution in [0, 0.1) is 0 Å². The number of H-pyrrole nitrogens is 1. The molecule has 7 nitrogen and oxygen atoms in total. The van der Waals surface area contributed by atoms with E-state index in [0.29, 0.717) is 12.5 Å². The third kappa shape index (κ3) is 4.10. The molecule has 7 heteroatoms. The number of para-hydroxylation sites is 1. The molecule has 1 atom stereocenters. The Labute approximate surface area is 183 Å². The predicted molar refractivity (Wildman–Crippen MR) is 125 cm³/mol. The van der Waals surface area contributed by atoms with Gasteiger partial charge in [-0.1, -0.05) is 18.2 Å². The molecule has 2 aliphatic rings. The van der Waals surface area contributed by atoms with Gasteiger partial charge in [0.05, 0.1) is 18.3 Å². The van der Waals surface area contributed by atoms with Gasteiger partial charge in [-0.05, 0) is 36.7 Å². The van der Waals surface area contributed by atoms with Crippen LogP contribution in [0.15, 0.2) is 48.8 Å². The van der Waals surface area contributed by atoms with Gasteiger partial charge < -0.3 is 20.1 Å². The van der Waals surface area contributed by atoms with E-state index in [9.17, 15) is 4.79 Å². The molecule has 0 bridgehead atoms. The van der Waals surface area contributed by atoms with E-state index in [2.05, 4.69) is 66.4 Å². The van der Waals surface area contributed by atoms with Crippen molar-refractivity contribution in [3.63, 3.8) is 0 Å². The van der Waals surface area contributed by atoms with Gasteiger partial charge >= 0.3 is 0 Å². The number of anilines is 2. The number of amides is 1. The number of carbonyl (C=O) groups is 1. The molecule has 0 aliphatic carbocycles. The van der Waals surface area contributed by atoms with Crippen molar-refractivity contribution in [2.24, 2.45) is 0 Å². The first-order valence-electron chi connectivity index (χ1n) is 11.2. The number of nitrogens with zero attached hydrogens (tertiary/aromatic N) is 4. The van der Waals surface area contributed by atoms with Crippen LogP contribution in [0.4, 0.5) is 11.5 Å². The summed E-state index contributed by atoms with van der Waals surface area (Å²) in [5.41, 5.74) is 3.69. The monoisotopic (exact) mass is 418 g/mol. The summed E-state index contributed by atoms with van der Waals surface area (Å²) in [4.78, 5) is 26.9. The van der Waals surface area contributed by atoms with Crippen molar-refractivity contribution >= 4 is 28.3 Å². The van der Waals surface area contributed by atoms with Gasteiger partial charge in [0.25, 0.3) is 0 Å². The number of fused-ring (bicyclic) bond motifs is 2. The van der Waals surface area contributed by atoms with Crippen molar-refractivity contribution in [3.05, 3.63) is 54.4 Å². The zero-order valence-corrected chi connectivity index (χ0v) is 18.1. The highest BCUT2D eigenvalue weighted by Crippen LogP contribution is 2.37. The Morgan fingerprint density at radius 2 is 2.03 bits per heavy atom. The molecular formula is C24H30N6O. The highest BCUT2D eigenvalue weighted by Gasteiger charge is 2.29. The quantitative estimate of drug-likeness (QED) is 0.644. The van der Waals surface area contributed by atoms with E-state index in [1.165, 1.54) is 16.6 Å². The number of hydrogen-bond donors (Lipinski definition) is 2. The van der Waals surface area contributed by atoms with E-state index in [1.807, 2.05) is 12.4 Å². The largest absolute Gasteiger partial charge is 0.361 e. The van der Waals surface area contributed by atoms with E-state index < -0.39 is 0 Å². The van der Waals surface area contributed by atoms with Gasteiger partial charge in [-0.15, -0.1) is 0 Å². The van der Waals surface area contributed by atoms with Crippen molar-refractivity contribution in [3.8, 4) is 0 Å². The number of piperazine rings is 1. The number of carbonyl (C=O) groups excluding carboxylic acids is 1. The summed E-state index contributed by atoms with van der Waals surface area (Å²) in [7, 11) is 1.70. The Kier molecular flexibility index (Phi) is 5.51. The Morgan fingerprint density at radius 3 is 2.87 bits per heavy atom. The van der Waals surface area contributed by atoms with Gasteiger partial charge in [0.15, 0.2) is 0 Å². The van der Waals surface area contributed by atoms with Crippen LogP contribution in [0.1, 0.15) is 17.9 Å². The third-order valence-electron chi connectivity index (χ3n) is 6.68. The van der Waals surface area contributed by atoms with Crippen molar-refractivity contribution in [2.75, 3.05) is 62.7 Å². The molecule has 0 spiro atoms. The Morgan fingerprint density at radius 1 is 1.19 bits per heavy atom. The lowest BCUT2D eigenvalue weighted by Crippen LogP contribution is -2.47. The molecule has 3 aromatic rings. The maximum atomic E-state index is 11.9. The van der Waals surface area contributed by atoms with Crippen LogP contribution in [0.25, 0.3) is 10.9 Å². The van der Waals surface area contributed by atoms with Gasteiger partial charge in [0.1, 0.15) is 5.82 Å². The minimum atomic E-state index is 0.0676. The number of pyridine rings is 1. The molecule has 31 heavy (non-hydrogen) atoms. The Balaban J connectivity index is 1.16. The summed E-state index contributed by atoms with van der Waals surface area (Å²) in [6.45, 7) is 6.58. The van der Waals surface area contributed by atoms with Gasteiger partial charge in [-0.25, -0.2) is 4.98 Å². The maximum Gasteiger partial charge on any atom is 0.239 e. The van der Waals surface area contributed by atoms with Crippen molar-refractivity contribution < 1.29 is 4.79 Å². The van der Waals surface area contributed by atoms with Crippen LogP contribution >= 0.6 is 0 Å². The molecule has 2 aliphatic heterocycles. The van der Waals surface area contributed by atoms with Gasteiger partial charge in [0.2, 0.25) is 5.91 Å². The highest BCUT2D eigenvalue weighted by atomic mass is 16.1. The lowest BCUT2D eigenvalue weighted by Gasteiger charge is -2.35. The second-order valence-electron chi connectivity index (χ2n) is 8.53. The van der Waals surface area contributed by atoms with E-state index >= 15 is 0 Å². The molecule has 2 aromatic heterocycles. The summed E-state index contributed by atoms with van der Waals surface area (Å²) in [6, 6.07) is 12.8. The summed E-state index contributed by atoms with van der Waals surface area (Å²) >= 11 is 0. The molecule has 4 heterocycles. The number of likely N-dealkylation sites (N-methyl/N-ethyl adjacent to an activating group) is 1. The van der Waals surface area contributed by atoms with Gasteiger partial charge in [-0.3, -0.25) is 9.69 Å². The Hall–Kier alpha value is -3.06. The van der Waals surface area contributed by atoms with E-state index in [-0.39, 0.29) is 5.91 Å². The first-order chi connectivity index (χ1) is 15.2. The van der Waals surface area contributed by atoms with Crippen molar-refractivity contribution in [1.29, 1.82) is 0 Å². The molecule has 0 unspecified atom stereocenters. The molecule has 1 aromatic carbocycles. The molecule has 0 radical (unpaired) electrons. The molecule has 1 saturated heterocycles. The fourth-order valence-corrected chi connectivity index (χ4v) is 4.88. The topological polar surface area (TPSA) is 67.5 Å². The number of hydrogen-bond acceptors (Lipinski definition) is 5. The lowest BCUT2D eigenvalue weighted by molar-refractivity contribution is -0.119. The Bertz CT molecular complexity index is 1050. The second-order valence-corrected chi connectivity index (χ2v) is 8.53. The third-order valence-corrected chi connectivity index (χ3v) is 6.68. The van der Waals surface area contributed by atoms with E-state index in [4.69, 9.17) is 0 Å². The fraction of sp³-hybridized carbons (Fsp3) is 0.417. The minimum Gasteiger partial charge on any atom is -0.361 e. The van der Waals surface area contributed by atoms with Crippen LogP contribution in [-0.2, 0) is 4.79 Å². The number of aromatic nitrogens is 2. The predicted octanol–water partition coefficient (Wildman–Crippen LogP) is 2.42. The molecule has 162 valence electrons. The summed E-state index contributed by atoms with van der Waals surface area (Å²) in [5, 5.41) is 3.96. The zero-order chi connectivity index (χ0) is 21.2. The van der Waals surface area contributed by atoms with Crippen LogP contribution < -0.4 is 15.1 Å². The molecular weight excluding hydrogens is 388 g/mol. The first-order valence-corrected chi connectivity index (χ1v) is 11.2. The summed E-state index contributed by atoms with van der Waals surface area (Å²) in [5.74, 6) is 1.62. The van der Waals surface area contributed by atoms with Crippen molar-refractivity contribution in [1.82, 2.24) is 20.2 Å². The number of aromatic amines is 1. The SMILES string of the molecule is CNC(=O)CN1C[C@@H](CCN2CCN(c3cc4cc[nH]c4cn3)CC2)c2ccccc21. The number of nitrogens with one attached hydrogen (secondary N) is 2. The molecule has 2 N–H and O–H groups in total. The van der Waals surface area contributed by atoms with Crippen LogP contribution in [-0.4, -0.2) is 73.6 Å². The standard InChI is InChI=1S/C24H30N6O/c1-25-24(31)17-30-16-19(20-4-2-3-5-22(20)30)7-9-28-10-12-29(13-11-28)23-14-18-6-8-26-21(18)15-27-23/h2-6,8,14-15,19,26H,7,9-13,16-17H2,1H3,(H,25,31)/t19-/m1/s1. The van der Waals surface area contributed by atoms with Crippen LogP contribution in [0.5, 0.6) is 0 Å². The zero-order valence-electron chi connectivity index (χ0n) is 18.1. The maximum absolute atomic E-state index is 11.9.